The van der Waals surface area contributed by atoms with Crippen LogP contribution in [0, 0.1) is 0 Å². The van der Waals surface area contributed by atoms with Crippen molar-refractivity contribution in [2.24, 2.45) is 7.05 Å². The van der Waals surface area contributed by atoms with Gasteiger partial charge in [-0.15, -0.1) is 0 Å². The van der Waals surface area contributed by atoms with Crippen LogP contribution in [0.15, 0.2) is 42.7 Å². The van der Waals surface area contributed by atoms with E-state index in [9.17, 15) is 19.5 Å². The van der Waals surface area contributed by atoms with Crippen molar-refractivity contribution >= 4 is 23.5 Å². The molecule has 0 saturated carbocycles. The number of hydrogen-bond acceptors (Lipinski definition) is 5. The highest BCUT2D eigenvalue weighted by molar-refractivity contribution is 6.11. The summed E-state index contributed by atoms with van der Waals surface area (Å²) >= 11 is 0. The number of nitrogens with zero attached hydrogens (tertiary/aromatic N) is 4. The maximum atomic E-state index is 12.7. The smallest absolute Gasteiger partial charge is 0.339 e. The molecule has 2 aromatic heterocycles. The van der Waals surface area contributed by atoms with Crippen LogP contribution >= 0.6 is 0 Å². The van der Waals surface area contributed by atoms with Crippen LogP contribution in [-0.4, -0.2) is 49.0 Å². The van der Waals surface area contributed by atoms with E-state index >= 15 is 0 Å². The molecule has 1 aromatic carbocycles. The van der Waals surface area contributed by atoms with E-state index in [4.69, 9.17) is 0 Å². The topological polar surface area (TPSA) is 131 Å². The lowest BCUT2D eigenvalue weighted by molar-refractivity contribution is 0.0692. The van der Waals surface area contributed by atoms with Gasteiger partial charge in [0, 0.05) is 26.3 Å². The highest BCUT2D eigenvalue weighted by atomic mass is 16.4. The molecule has 0 fully saturated rings. The van der Waals surface area contributed by atoms with Gasteiger partial charge in [-0.1, -0.05) is 30.3 Å². The summed E-state index contributed by atoms with van der Waals surface area (Å²) in [5.74, 6) is -2.39. The van der Waals surface area contributed by atoms with Crippen LogP contribution < -0.4 is 10.6 Å². The van der Waals surface area contributed by atoms with Crippen molar-refractivity contribution in [2.45, 2.75) is 19.9 Å². The third-order valence-corrected chi connectivity index (χ3v) is 4.48. The van der Waals surface area contributed by atoms with Gasteiger partial charge < -0.3 is 15.7 Å². The second-order valence-corrected chi connectivity index (χ2v) is 6.53. The minimum atomic E-state index is -1.27. The predicted octanol–water partition coefficient (Wildman–Crippen LogP) is 1.56. The molecule has 3 N–H and O–H groups in total. The summed E-state index contributed by atoms with van der Waals surface area (Å²) in [4.78, 5) is 36.7. The number of benzene rings is 1. The van der Waals surface area contributed by atoms with Crippen LogP contribution in [-0.2, 0) is 20.0 Å². The number of aryl methyl sites for hydroxylation is 2. The lowest BCUT2D eigenvalue weighted by Crippen LogP contribution is -2.28. The van der Waals surface area contributed by atoms with Crippen molar-refractivity contribution in [3.05, 3.63) is 65.2 Å². The Morgan fingerprint density at radius 2 is 1.87 bits per heavy atom. The van der Waals surface area contributed by atoms with E-state index in [1.54, 1.807) is 0 Å². The van der Waals surface area contributed by atoms with Gasteiger partial charge >= 0.3 is 5.97 Å². The number of anilines is 1. The molecule has 10 nitrogen and oxygen atoms in total. The lowest BCUT2D eigenvalue weighted by atomic mass is 10.1. The minimum absolute atomic E-state index is 0.0531. The van der Waals surface area contributed by atoms with Crippen molar-refractivity contribution in [1.82, 2.24) is 24.9 Å². The Bertz CT molecular complexity index is 1070. The van der Waals surface area contributed by atoms with Crippen molar-refractivity contribution in [2.75, 3.05) is 11.9 Å². The summed E-state index contributed by atoms with van der Waals surface area (Å²) in [5, 5.41) is 22.7. The number of aromatic nitrogens is 4. The molecular weight excluding hydrogens is 388 g/mol. The molecule has 0 bridgehead atoms. The van der Waals surface area contributed by atoms with E-state index in [0.717, 1.165) is 11.8 Å². The molecule has 0 atom stereocenters. The van der Waals surface area contributed by atoms with Crippen molar-refractivity contribution in [3.63, 3.8) is 0 Å². The number of nitrogens with one attached hydrogen (secondary N) is 2. The quantitative estimate of drug-likeness (QED) is 0.516. The maximum absolute atomic E-state index is 12.7. The largest absolute Gasteiger partial charge is 0.478 e. The van der Waals surface area contributed by atoms with E-state index in [-0.39, 0.29) is 22.6 Å². The van der Waals surface area contributed by atoms with Gasteiger partial charge in [-0.25, -0.2) is 4.79 Å². The van der Waals surface area contributed by atoms with E-state index in [2.05, 4.69) is 20.8 Å². The molecule has 3 aromatic rings. The second-order valence-electron chi connectivity index (χ2n) is 6.53. The molecule has 0 spiro atoms. The van der Waals surface area contributed by atoms with Crippen LogP contribution in [0.2, 0.25) is 0 Å². The third-order valence-electron chi connectivity index (χ3n) is 4.48. The summed E-state index contributed by atoms with van der Waals surface area (Å²) in [7, 11) is 1.47. The molecule has 0 saturated heterocycles. The summed E-state index contributed by atoms with van der Waals surface area (Å²) in [5.41, 5.74) is 0.977. The van der Waals surface area contributed by atoms with Gasteiger partial charge in [0.15, 0.2) is 5.69 Å². The third kappa shape index (κ3) is 4.54. The number of rotatable bonds is 8. The number of carboxylic acid groups (broad SMARTS) is 1. The van der Waals surface area contributed by atoms with Gasteiger partial charge in [0.05, 0.1) is 11.9 Å². The van der Waals surface area contributed by atoms with E-state index in [1.807, 2.05) is 37.3 Å². The first-order valence-electron chi connectivity index (χ1n) is 9.37. The number of carboxylic acids is 1. The molecule has 30 heavy (non-hydrogen) atoms. The Morgan fingerprint density at radius 1 is 1.13 bits per heavy atom. The van der Waals surface area contributed by atoms with Gasteiger partial charge in [-0.05, 0) is 18.9 Å². The summed E-state index contributed by atoms with van der Waals surface area (Å²) in [6.07, 6.45) is 3.28. The zero-order valence-corrected chi connectivity index (χ0v) is 16.6. The van der Waals surface area contributed by atoms with E-state index < -0.39 is 17.8 Å². The number of aromatic carboxylic acids is 1. The molecule has 10 heteroatoms. The monoisotopic (exact) mass is 410 g/mol. The van der Waals surface area contributed by atoms with Gasteiger partial charge in [0.1, 0.15) is 11.3 Å². The fourth-order valence-electron chi connectivity index (χ4n) is 2.94. The summed E-state index contributed by atoms with van der Waals surface area (Å²) in [6, 6.07) is 9.72. The Labute approximate surface area is 172 Å². The van der Waals surface area contributed by atoms with E-state index in [1.165, 1.54) is 22.6 Å². The summed E-state index contributed by atoms with van der Waals surface area (Å²) < 4.78 is 2.69. The second kappa shape index (κ2) is 9.03. The number of carbonyl (C=O) groups excluding carboxylic acids is 2. The number of hydrogen-bond donors (Lipinski definition) is 3. The average molecular weight is 410 g/mol. The van der Waals surface area contributed by atoms with Gasteiger partial charge in [-0.3, -0.25) is 19.0 Å². The predicted molar refractivity (Wildman–Crippen MR) is 109 cm³/mol. The van der Waals surface area contributed by atoms with E-state index in [0.29, 0.717) is 19.5 Å². The number of carbonyl (C=O) groups is 3. The van der Waals surface area contributed by atoms with Gasteiger partial charge in [-0.2, -0.15) is 10.2 Å². The molecule has 2 heterocycles. The van der Waals surface area contributed by atoms with Gasteiger partial charge in [0.25, 0.3) is 11.8 Å². The van der Waals surface area contributed by atoms with Crippen LogP contribution in [0.3, 0.4) is 0 Å². The molecule has 0 aliphatic rings. The first kappa shape index (κ1) is 20.8. The van der Waals surface area contributed by atoms with Crippen LogP contribution in [0.25, 0.3) is 0 Å². The Hall–Kier alpha value is -3.95. The summed E-state index contributed by atoms with van der Waals surface area (Å²) in [6.45, 7) is 2.74. The first-order valence-corrected chi connectivity index (χ1v) is 9.37. The van der Waals surface area contributed by atoms with Crippen LogP contribution in [0.4, 0.5) is 5.69 Å². The minimum Gasteiger partial charge on any atom is -0.478 e. The van der Waals surface area contributed by atoms with Crippen molar-refractivity contribution in [3.8, 4) is 0 Å². The SMILES string of the molecule is CCn1cc(NC(=O)c2c(C(=O)O)cnn2C)c(C(=O)NCCc2ccccc2)n1. The molecule has 2 amide bonds. The number of amides is 2. The van der Waals surface area contributed by atoms with Crippen molar-refractivity contribution < 1.29 is 19.5 Å². The first-order chi connectivity index (χ1) is 14.4. The highest BCUT2D eigenvalue weighted by Gasteiger charge is 2.24. The fraction of sp³-hybridized carbons (Fsp3) is 0.250. The standard InChI is InChI=1S/C20H22N6O4/c1-3-26-12-15(23-19(28)17-14(20(29)30)11-22-25(17)2)16(24-26)18(27)21-10-9-13-7-5-4-6-8-13/h4-8,11-12H,3,9-10H2,1-2H3,(H,21,27)(H,23,28)(H,29,30). The molecule has 3 rings (SSSR count). The fourth-order valence-corrected chi connectivity index (χ4v) is 2.94. The van der Waals surface area contributed by atoms with Crippen LogP contribution in [0.5, 0.6) is 0 Å². The Kier molecular flexibility index (Phi) is 6.26. The molecule has 156 valence electrons. The molecule has 0 radical (unpaired) electrons. The zero-order chi connectivity index (χ0) is 21.7. The molecule has 0 unspecified atom stereocenters. The maximum Gasteiger partial charge on any atom is 0.339 e. The lowest BCUT2D eigenvalue weighted by Gasteiger charge is -2.08. The van der Waals surface area contributed by atoms with Gasteiger partial charge in [0.2, 0.25) is 0 Å². The molecule has 0 aliphatic carbocycles. The normalized spacial score (nSPS) is 10.6. The Morgan fingerprint density at radius 3 is 2.53 bits per heavy atom. The molecule has 0 aliphatic heterocycles. The highest BCUT2D eigenvalue weighted by Crippen LogP contribution is 2.17. The van der Waals surface area contributed by atoms with Crippen LogP contribution in [0.1, 0.15) is 43.8 Å². The average Bonchev–Trinajstić information content (AvgIpc) is 3.32. The van der Waals surface area contributed by atoms with Crippen molar-refractivity contribution in [1.29, 1.82) is 0 Å². The zero-order valence-electron chi connectivity index (χ0n) is 16.6. The molecular formula is C20H22N6O4. The Balaban J connectivity index is 1.75.